The second-order valence-electron chi connectivity index (χ2n) is 5.27. The first-order valence-electron chi connectivity index (χ1n) is 7.07. The number of amides is 1. The third kappa shape index (κ3) is 2.76. The van der Waals surface area contributed by atoms with Crippen LogP contribution in [-0.4, -0.2) is 34.7 Å². The quantitative estimate of drug-likeness (QED) is 0.743. The fourth-order valence-electron chi connectivity index (χ4n) is 2.29. The van der Waals surface area contributed by atoms with Gasteiger partial charge < -0.3 is 4.90 Å². The largest absolute Gasteiger partial charge is 0.345 e. The molecule has 0 atom stereocenters. The molecule has 0 bridgehead atoms. The molecule has 3 rings (SSSR count). The van der Waals surface area contributed by atoms with E-state index in [1.54, 1.807) is 25.2 Å². The molecule has 0 N–H and O–H groups in total. The summed E-state index contributed by atoms with van der Waals surface area (Å²) < 4.78 is 1.82. The standard InChI is InChI=1S/C18H17N3O/c1-20(2)18(22)16-6-4-14(5-7-16)15-8-10-17(11-9-15)21-13-3-12-19-21/h3-13H,1-2H3. The predicted molar refractivity (Wildman–Crippen MR) is 87.0 cm³/mol. The Bertz CT molecular complexity index is 757. The molecule has 0 aliphatic heterocycles. The molecule has 22 heavy (non-hydrogen) atoms. The fraction of sp³-hybridized carbons (Fsp3) is 0.111. The Morgan fingerprint density at radius 2 is 1.55 bits per heavy atom. The van der Waals surface area contributed by atoms with Crippen LogP contribution >= 0.6 is 0 Å². The average Bonchev–Trinajstić information content (AvgIpc) is 3.09. The fourth-order valence-corrected chi connectivity index (χ4v) is 2.29. The Kier molecular flexibility index (Phi) is 3.74. The third-order valence-corrected chi connectivity index (χ3v) is 3.51. The molecule has 0 unspecified atom stereocenters. The van der Waals surface area contributed by atoms with Gasteiger partial charge in [-0.1, -0.05) is 24.3 Å². The highest BCUT2D eigenvalue weighted by atomic mass is 16.2. The highest BCUT2D eigenvalue weighted by Crippen LogP contribution is 2.21. The van der Waals surface area contributed by atoms with E-state index in [-0.39, 0.29) is 5.91 Å². The number of hydrogen-bond donors (Lipinski definition) is 0. The first-order chi connectivity index (χ1) is 10.6. The molecule has 1 heterocycles. The van der Waals surface area contributed by atoms with Crippen molar-refractivity contribution in [2.24, 2.45) is 0 Å². The monoisotopic (exact) mass is 291 g/mol. The first kappa shape index (κ1) is 14.1. The molecule has 1 aromatic heterocycles. The minimum atomic E-state index is 0.0144. The molecule has 0 aliphatic carbocycles. The van der Waals surface area contributed by atoms with Gasteiger partial charge in [0.25, 0.3) is 5.91 Å². The van der Waals surface area contributed by atoms with Crippen LogP contribution in [0.25, 0.3) is 16.8 Å². The van der Waals surface area contributed by atoms with Crippen molar-refractivity contribution >= 4 is 5.91 Å². The van der Waals surface area contributed by atoms with Gasteiger partial charge in [0.15, 0.2) is 0 Å². The minimum Gasteiger partial charge on any atom is -0.345 e. The van der Waals surface area contributed by atoms with Gasteiger partial charge in [-0.3, -0.25) is 4.79 Å². The van der Waals surface area contributed by atoms with E-state index in [4.69, 9.17) is 0 Å². The second kappa shape index (κ2) is 5.85. The minimum absolute atomic E-state index is 0.0144. The lowest BCUT2D eigenvalue weighted by Crippen LogP contribution is -2.21. The van der Waals surface area contributed by atoms with E-state index in [9.17, 15) is 4.79 Å². The number of nitrogens with zero attached hydrogens (tertiary/aromatic N) is 3. The second-order valence-corrected chi connectivity index (χ2v) is 5.27. The lowest BCUT2D eigenvalue weighted by Gasteiger charge is -2.10. The van der Waals surface area contributed by atoms with Crippen LogP contribution in [0.1, 0.15) is 10.4 Å². The lowest BCUT2D eigenvalue weighted by atomic mass is 10.0. The molecule has 4 heteroatoms. The summed E-state index contributed by atoms with van der Waals surface area (Å²) in [5.74, 6) is 0.0144. The van der Waals surface area contributed by atoms with Crippen LogP contribution in [0.3, 0.4) is 0 Å². The SMILES string of the molecule is CN(C)C(=O)c1ccc(-c2ccc(-n3cccn3)cc2)cc1. The van der Waals surface area contributed by atoms with Gasteiger partial charge in [0.05, 0.1) is 5.69 Å². The molecule has 4 nitrogen and oxygen atoms in total. The van der Waals surface area contributed by atoms with E-state index in [2.05, 4.69) is 17.2 Å². The number of carbonyl (C=O) groups is 1. The molecular weight excluding hydrogens is 274 g/mol. The van der Waals surface area contributed by atoms with E-state index in [0.717, 1.165) is 16.8 Å². The molecule has 0 saturated carbocycles. The smallest absolute Gasteiger partial charge is 0.253 e. The van der Waals surface area contributed by atoms with Gasteiger partial charge in [0, 0.05) is 32.1 Å². The number of benzene rings is 2. The molecule has 2 aromatic carbocycles. The van der Waals surface area contributed by atoms with Gasteiger partial charge in [-0.2, -0.15) is 5.10 Å². The lowest BCUT2D eigenvalue weighted by molar-refractivity contribution is 0.0827. The summed E-state index contributed by atoms with van der Waals surface area (Å²) in [5.41, 5.74) is 3.91. The van der Waals surface area contributed by atoms with Crippen molar-refractivity contribution in [3.05, 3.63) is 72.6 Å². The van der Waals surface area contributed by atoms with Crippen LogP contribution < -0.4 is 0 Å². The Hall–Kier alpha value is -2.88. The van der Waals surface area contributed by atoms with E-state index >= 15 is 0 Å². The van der Waals surface area contributed by atoms with Crippen LogP contribution in [0.4, 0.5) is 0 Å². The van der Waals surface area contributed by atoms with Crippen LogP contribution in [0.15, 0.2) is 67.0 Å². The number of aromatic nitrogens is 2. The average molecular weight is 291 g/mol. The van der Waals surface area contributed by atoms with Gasteiger partial charge in [-0.15, -0.1) is 0 Å². The highest BCUT2D eigenvalue weighted by molar-refractivity contribution is 5.94. The molecule has 1 amide bonds. The summed E-state index contributed by atoms with van der Waals surface area (Å²) in [6.07, 6.45) is 3.67. The Balaban J connectivity index is 1.84. The topological polar surface area (TPSA) is 38.1 Å². The van der Waals surface area contributed by atoms with Crippen molar-refractivity contribution in [1.29, 1.82) is 0 Å². The normalized spacial score (nSPS) is 10.5. The summed E-state index contributed by atoms with van der Waals surface area (Å²) in [4.78, 5) is 13.5. The maximum atomic E-state index is 11.9. The highest BCUT2D eigenvalue weighted by Gasteiger charge is 2.07. The van der Waals surface area contributed by atoms with Crippen molar-refractivity contribution in [1.82, 2.24) is 14.7 Å². The van der Waals surface area contributed by atoms with Gasteiger partial charge in [0.2, 0.25) is 0 Å². The summed E-state index contributed by atoms with van der Waals surface area (Å²) >= 11 is 0. The zero-order valence-corrected chi connectivity index (χ0v) is 12.6. The number of carbonyl (C=O) groups excluding carboxylic acids is 1. The Morgan fingerprint density at radius 3 is 2.05 bits per heavy atom. The van der Waals surface area contributed by atoms with Crippen LogP contribution in [0.2, 0.25) is 0 Å². The molecule has 0 saturated heterocycles. The molecule has 0 spiro atoms. The van der Waals surface area contributed by atoms with Gasteiger partial charge >= 0.3 is 0 Å². The Morgan fingerprint density at radius 1 is 0.955 bits per heavy atom. The maximum Gasteiger partial charge on any atom is 0.253 e. The molecule has 3 aromatic rings. The molecule has 0 radical (unpaired) electrons. The number of hydrogen-bond acceptors (Lipinski definition) is 2. The summed E-state index contributed by atoms with van der Waals surface area (Å²) in [7, 11) is 3.51. The third-order valence-electron chi connectivity index (χ3n) is 3.51. The summed E-state index contributed by atoms with van der Waals surface area (Å²) in [5, 5.41) is 4.21. The predicted octanol–water partition coefficient (Wildman–Crippen LogP) is 3.24. The van der Waals surface area contributed by atoms with Gasteiger partial charge in [-0.05, 0) is 41.5 Å². The Labute approximate surface area is 129 Å². The first-order valence-corrected chi connectivity index (χ1v) is 7.07. The zero-order chi connectivity index (χ0) is 15.5. The van der Waals surface area contributed by atoms with E-state index < -0.39 is 0 Å². The van der Waals surface area contributed by atoms with Crippen LogP contribution in [-0.2, 0) is 0 Å². The van der Waals surface area contributed by atoms with Gasteiger partial charge in [0.1, 0.15) is 0 Å². The van der Waals surface area contributed by atoms with Crippen LogP contribution in [0.5, 0.6) is 0 Å². The summed E-state index contributed by atoms with van der Waals surface area (Å²) in [6.45, 7) is 0. The molecular formula is C18H17N3O. The maximum absolute atomic E-state index is 11.9. The van der Waals surface area contributed by atoms with Crippen molar-refractivity contribution in [3.63, 3.8) is 0 Å². The molecule has 110 valence electrons. The summed E-state index contributed by atoms with van der Waals surface area (Å²) in [6, 6.07) is 17.7. The zero-order valence-electron chi connectivity index (χ0n) is 12.6. The van der Waals surface area contributed by atoms with E-state index in [1.165, 1.54) is 0 Å². The van der Waals surface area contributed by atoms with E-state index in [0.29, 0.717) is 5.56 Å². The van der Waals surface area contributed by atoms with Crippen molar-refractivity contribution in [2.45, 2.75) is 0 Å². The number of rotatable bonds is 3. The van der Waals surface area contributed by atoms with Crippen molar-refractivity contribution < 1.29 is 4.79 Å². The van der Waals surface area contributed by atoms with E-state index in [1.807, 2.05) is 53.3 Å². The molecule has 0 fully saturated rings. The molecule has 0 aliphatic rings. The van der Waals surface area contributed by atoms with Crippen LogP contribution in [0, 0.1) is 0 Å². The van der Waals surface area contributed by atoms with Crippen molar-refractivity contribution in [2.75, 3.05) is 14.1 Å². The van der Waals surface area contributed by atoms with Gasteiger partial charge in [-0.25, -0.2) is 4.68 Å². The van der Waals surface area contributed by atoms with Crippen molar-refractivity contribution in [3.8, 4) is 16.8 Å².